The maximum atomic E-state index is 12.5. The Kier molecular flexibility index (Phi) is 13.1. The molecule has 0 bridgehead atoms. The SMILES string of the molecule is C=C(CCC1CCCC(BC2CCCCCCC2)CCC1)NC(=O)BC1CCCCCCC1. The number of hydrogen-bond donors (Lipinski definition) is 1. The van der Waals surface area contributed by atoms with Gasteiger partial charge in [-0.3, -0.25) is 4.79 Å². The van der Waals surface area contributed by atoms with Crippen molar-refractivity contribution in [3.05, 3.63) is 12.3 Å². The fourth-order valence-corrected chi connectivity index (χ4v) is 7.15. The van der Waals surface area contributed by atoms with Crippen molar-refractivity contribution in [3.63, 3.8) is 0 Å². The Labute approximate surface area is 207 Å². The molecular weight excluding hydrogens is 400 g/mol. The van der Waals surface area contributed by atoms with Crippen molar-refractivity contribution < 1.29 is 4.79 Å². The Morgan fingerprint density at radius 3 is 1.64 bits per heavy atom. The van der Waals surface area contributed by atoms with Crippen LogP contribution in [0.1, 0.15) is 141 Å². The summed E-state index contributed by atoms with van der Waals surface area (Å²) >= 11 is 0. The topological polar surface area (TPSA) is 29.1 Å². The van der Waals surface area contributed by atoms with Crippen LogP contribution in [-0.2, 0) is 0 Å². The molecule has 2 nitrogen and oxygen atoms in total. The molecule has 0 heterocycles. The van der Waals surface area contributed by atoms with E-state index in [1.54, 1.807) is 0 Å². The highest BCUT2D eigenvalue weighted by molar-refractivity contribution is 6.74. The minimum Gasteiger partial charge on any atom is -0.339 e. The summed E-state index contributed by atoms with van der Waals surface area (Å²) in [6.07, 6.45) is 30.4. The van der Waals surface area contributed by atoms with Crippen molar-refractivity contribution in [2.75, 3.05) is 0 Å². The third-order valence-corrected chi connectivity index (χ3v) is 9.21. The summed E-state index contributed by atoms with van der Waals surface area (Å²) in [6, 6.07) is 0. The quantitative estimate of drug-likeness (QED) is 0.366. The van der Waals surface area contributed by atoms with Crippen LogP contribution in [0.2, 0.25) is 17.5 Å². The molecule has 1 N–H and O–H groups in total. The van der Waals surface area contributed by atoms with Gasteiger partial charge in [-0.25, -0.2) is 0 Å². The monoisotopic (exact) mass is 453 g/mol. The summed E-state index contributed by atoms with van der Waals surface area (Å²) in [5.74, 6) is 3.68. The van der Waals surface area contributed by atoms with Crippen molar-refractivity contribution in [3.8, 4) is 0 Å². The van der Waals surface area contributed by atoms with Crippen molar-refractivity contribution in [2.45, 2.75) is 159 Å². The normalized spacial score (nSPS) is 27.0. The standard InChI is InChI=1S/C29H53B2NO/c1-24(32-29(33)31-28-18-10-6-3-7-11-19-28)22-23-25-14-12-20-27(21-13-15-25)30-26-16-8-4-2-5-9-17-26/h25-28,30-31H,1-23H2,(H,32,33). The largest absolute Gasteiger partial charge is 0.339 e. The van der Waals surface area contributed by atoms with Crippen LogP contribution in [0.5, 0.6) is 0 Å². The van der Waals surface area contributed by atoms with Crippen molar-refractivity contribution in [1.29, 1.82) is 0 Å². The molecule has 3 rings (SSSR count). The fourth-order valence-electron chi connectivity index (χ4n) is 7.15. The number of carbonyl (C=O) groups excluding carboxylic acids is 1. The molecule has 0 aromatic heterocycles. The summed E-state index contributed by atoms with van der Waals surface area (Å²) in [4.78, 5) is 12.5. The van der Waals surface area contributed by atoms with Gasteiger partial charge in [0, 0.05) is 5.70 Å². The first-order valence-electron chi connectivity index (χ1n) is 15.2. The first kappa shape index (κ1) is 26.9. The Balaban J connectivity index is 1.28. The van der Waals surface area contributed by atoms with Gasteiger partial charge in [0.15, 0.2) is 5.81 Å². The molecule has 0 spiro atoms. The first-order chi connectivity index (χ1) is 16.2. The van der Waals surface area contributed by atoms with Crippen LogP contribution in [0.25, 0.3) is 0 Å². The van der Waals surface area contributed by atoms with E-state index in [1.807, 2.05) is 0 Å². The van der Waals surface area contributed by atoms with Crippen LogP contribution in [0.4, 0.5) is 4.79 Å². The van der Waals surface area contributed by atoms with Gasteiger partial charge in [-0.2, -0.15) is 0 Å². The molecule has 0 aromatic rings. The lowest BCUT2D eigenvalue weighted by Crippen LogP contribution is -2.29. The summed E-state index contributed by atoms with van der Waals surface area (Å²) < 4.78 is 0. The first-order valence-corrected chi connectivity index (χ1v) is 15.2. The van der Waals surface area contributed by atoms with E-state index < -0.39 is 0 Å². The maximum absolute atomic E-state index is 12.5. The molecule has 0 saturated heterocycles. The van der Waals surface area contributed by atoms with E-state index in [0.717, 1.165) is 29.7 Å². The summed E-state index contributed by atoms with van der Waals surface area (Å²) in [5, 5.41) is 3.16. The zero-order valence-corrected chi connectivity index (χ0v) is 21.9. The third-order valence-electron chi connectivity index (χ3n) is 9.21. The molecule has 3 saturated carbocycles. The predicted molar refractivity (Wildman–Crippen MR) is 148 cm³/mol. The number of carbonyl (C=O) groups is 1. The zero-order valence-electron chi connectivity index (χ0n) is 21.9. The van der Waals surface area contributed by atoms with Gasteiger partial charge in [0.05, 0.1) is 0 Å². The van der Waals surface area contributed by atoms with Gasteiger partial charge in [0.1, 0.15) is 7.28 Å². The Bertz CT molecular complexity index is 540. The van der Waals surface area contributed by atoms with Crippen molar-refractivity contribution in [1.82, 2.24) is 5.32 Å². The molecule has 3 aliphatic rings. The molecule has 4 heteroatoms. The third kappa shape index (κ3) is 11.5. The number of rotatable bonds is 8. The van der Waals surface area contributed by atoms with Crippen LogP contribution in [0.3, 0.4) is 0 Å². The minimum absolute atomic E-state index is 0.222. The molecule has 186 valence electrons. The van der Waals surface area contributed by atoms with Crippen LogP contribution in [0, 0.1) is 5.92 Å². The molecule has 3 aliphatic carbocycles. The highest BCUT2D eigenvalue weighted by Crippen LogP contribution is 2.36. The smallest absolute Gasteiger partial charge is 0.237 e. The molecule has 0 aliphatic heterocycles. The van der Waals surface area contributed by atoms with E-state index >= 15 is 0 Å². The maximum Gasteiger partial charge on any atom is 0.237 e. The minimum atomic E-state index is 0.222. The van der Waals surface area contributed by atoms with Crippen LogP contribution in [0.15, 0.2) is 12.3 Å². The number of allylic oxidation sites excluding steroid dienone is 1. The second-order valence-corrected chi connectivity index (χ2v) is 12.1. The highest BCUT2D eigenvalue weighted by atomic mass is 16.1. The van der Waals surface area contributed by atoms with E-state index in [2.05, 4.69) is 11.9 Å². The van der Waals surface area contributed by atoms with Crippen LogP contribution < -0.4 is 5.32 Å². The molecule has 3 fully saturated rings. The lowest BCUT2D eigenvalue weighted by molar-refractivity contribution is 0.260. The molecule has 0 aromatic carbocycles. The molecule has 33 heavy (non-hydrogen) atoms. The fraction of sp³-hybridized carbons (Fsp3) is 0.897. The van der Waals surface area contributed by atoms with Gasteiger partial charge in [-0.05, 0) is 18.8 Å². The van der Waals surface area contributed by atoms with Gasteiger partial charge in [0.25, 0.3) is 0 Å². The predicted octanol–water partition coefficient (Wildman–Crippen LogP) is 8.69. The van der Waals surface area contributed by atoms with Crippen LogP contribution in [-0.4, -0.2) is 20.4 Å². The molecule has 0 unspecified atom stereocenters. The Hall–Kier alpha value is -0.660. The Morgan fingerprint density at radius 1 is 0.636 bits per heavy atom. The number of amides is 1. The Morgan fingerprint density at radius 2 is 1.09 bits per heavy atom. The molecule has 0 radical (unpaired) electrons. The highest BCUT2D eigenvalue weighted by Gasteiger charge is 2.23. The van der Waals surface area contributed by atoms with Crippen molar-refractivity contribution >= 4 is 20.4 Å². The van der Waals surface area contributed by atoms with E-state index in [4.69, 9.17) is 0 Å². The lowest BCUT2D eigenvalue weighted by atomic mass is 9.49. The molecular formula is C29H53B2NO. The van der Waals surface area contributed by atoms with Gasteiger partial charge in [0.2, 0.25) is 7.28 Å². The van der Waals surface area contributed by atoms with E-state index in [1.165, 1.54) is 142 Å². The van der Waals surface area contributed by atoms with Crippen molar-refractivity contribution in [2.24, 2.45) is 5.92 Å². The van der Waals surface area contributed by atoms with E-state index in [-0.39, 0.29) is 5.81 Å². The lowest BCUT2D eigenvalue weighted by Gasteiger charge is -2.28. The van der Waals surface area contributed by atoms with Crippen LogP contribution >= 0.6 is 0 Å². The number of nitrogens with one attached hydrogen (secondary N) is 1. The average Bonchev–Trinajstić information content (AvgIpc) is 2.72. The van der Waals surface area contributed by atoms with Gasteiger partial charge in [-0.1, -0.05) is 152 Å². The molecule has 0 atom stereocenters. The van der Waals surface area contributed by atoms with Gasteiger partial charge < -0.3 is 5.32 Å². The zero-order chi connectivity index (χ0) is 23.1. The summed E-state index contributed by atoms with van der Waals surface area (Å²) in [7, 11) is 2.24. The van der Waals surface area contributed by atoms with E-state index in [9.17, 15) is 4.79 Å². The van der Waals surface area contributed by atoms with Gasteiger partial charge in [-0.15, -0.1) is 0 Å². The number of hydrogen-bond acceptors (Lipinski definition) is 1. The van der Waals surface area contributed by atoms with E-state index in [0.29, 0.717) is 13.1 Å². The summed E-state index contributed by atoms with van der Waals surface area (Å²) in [6.45, 7) is 4.21. The molecule has 1 amide bonds. The van der Waals surface area contributed by atoms with Gasteiger partial charge >= 0.3 is 0 Å². The summed E-state index contributed by atoms with van der Waals surface area (Å²) in [5.41, 5.74) is 0.968. The second kappa shape index (κ2) is 16.1. The second-order valence-electron chi connectivity index (χ2n) is 12.1. The average molecular weight is 453 g/mol.